The van der Waals surface area contributed by atoms with Crippen molar-refractivity contribution in [2.75, 3.05) is 31.1 Å². The summed E-state index contributed by atoms with van der Waals surface area (Å²) in [7, 11) is 0. The van der Waals surface area contributed by atoms with Gasteiger partial charge in [0.15, 0.2) is 0 Å². The van der Waals surface area contributed by atoms with Crippen molar-refractivity contribution < 1.29 is 14.4 Å². The zero-order valence-electron chi connectivity index (χ0n) is 18.0. The van der Waals surface area contributed by atoms with E-state index >= 15 is 0 Å². The van der Waals surface area contributed by atoms with Gasteiger partial charge in [-0.2, -0.15) is 0 Å². The van der Waals surface area contributed by atoms with E-state index in [1.807, 2.05) is 11.0 Å². The molecule has 3 aliphatic rings. The van der Waals surface area contributed by atoms with Gasteiger partial charge in [-0.05, 0) is 61.8 Å². The van der Waals surface area contributed by atoms with Crippen molar-refractivity contribution in [1.82, 2.24) is 10.2 Å². The summed E-state index contributed by atoms with van der Waals surface area (Å²) in [5, 5.41) is 3.00. The number of hydrogen-bond acceptors (Lipinski definition) is 3. The summed E-state index contributed by atoms with van der Waals surface area (Å²) in [4.78, 5) is 41.9. The van der Waals surface area contributed by atoms with E-state index in [1.54, 1.807) is 4.90 Å². The molecule has 30 heavy (non-hydrogen) atoms. The highest BCUT2D eigenvalue weighted by atomic mass is 16.2. The number of likely N-dealkylation sites (tertiary alicyclic amines) is 1. The first-order chi connectivity index (χ1) is 14.6. The number of nitrogens with zero attached hydrogens (tertiary/aromatic N) is 2. The normalized spacial score (nSPS) is 23.6. The minimum absolute atomic E-state index is 0.0252. The van der Waals surface area contributed by atoms with E-state index in [2.05, 4.69) is 24.4 Å². The second-order valence-electron chi connectivity index (χ2n) is 8.98. The molecular weight excluding hydrogens is 378 g/mol. The fourth-order valence-corrected chi connectivity index (χ4v) is 5.03. The molecule has 162 valence electrons. The molecule has 1 aromatic carbocycles. The van der Waals surface area contributed by atoms with Crippen LogP contribution in [0.15, 0.2) is 18.2 Å². The first kappa shape index (κ1) is 20.9. The molecule has 6 nitrogen and oxygen atoms in total. The lowest BCUT2D eigenvalue weighted by Crippen LogP contribution is -2.47. The van der Waals surface area contributed by atoms with Crippen molar-refractivity contribution in [2.24, 2.45) is 11.8 Å². The first-order valence-electron chi connectivity index (χ1n) is 11.6. The Bertz CT molecular complexity index is 822. The van der Waals surface area contributed by atoms with Gasteiger partial charge in [0.1, 0.15) is 0 Å². The van der Waals surface area contributed by atoms with Crippen LogP contribution >= 0.6 is 0 Å². The van der Waals surface area contributed by atoms with Gasteiger partial charge >= 0.3 is 0 Å². The van der Waals surface area contributed by atoms with Crippen LogP contribution in [0.2, 0.25) is 0 Å². The van der Waals surface area contributed by atoms with Crippen molar-refractivity contribution in [3.63, 3.8) is 0 Å². The van der Waals surface area contributed by atoms with E-state index in [9.17, 15) is 14.4 Å². The molecule has 2 unspecified atom stereocenters. The maximum atomic E-state index is 13.2. The van der Waals surface area contributed by atoms with Crippen LogP contribution in [0.5, 0.6) is 0 Å². The number of amides is 3. The largest absolute Gasteiger partial charge is 0.356 e. The molecule has 1 N–H and O–H groups in total. The van der Waals surface area contributed by atoms with Gasteiger partial charge in [-0.1, -0.05) is 19.4 Å². The Labute approximate surface area is 179 Å². The Morgan fingerprint density at radius 1 is 1.10 bits per heavy atom. The average molecular weight is 412 g/mol. The van der Waals surface area contributed by atoms with Crippen LogP contribution in [0, 0.1) is 11.8 Å². The van der Waals surface area contributed by atoms with Crippen LogP contribution in [0.3, 0.4) is 0 Å². The van der Waals surface area contributed by atoms with Crippen LogP contribution in [0.25, 0.3) is 0 Å². The zero-order valence-corrected chi connectivity index (χ0v) is 18.0. The van der Waals surface area contributed by atoms with Gasteiger partial charge in [0.25, 0.3) is 0 Å². The van der Waals surface area contributed by atoms with E-state index in [0.717, 1.165) is 44.2 Å². The molecule has 0 radical (unpaired) electrons. The highest BCUT2D eigenvalue weighted by molar-refractivity contribution is 6.00. The van der Waals surface area contributed by atoms with Crippen molar-refractivity contribution in [3.05, 3.63) is 29.3 Å². The number of benzene rings is 1. The van der Waals surface area contributed by atoms with Crippen molar-refractivity contribution in [3.8, 4) is 0 Å². The number of anilines is 1. The summed E-state index contributed by atoms with van der Waals surface area (Å²) < 4.78 is 0. The molecular formula is C24H33N3O3. The predicted octanol–water partition coefficient (Wildman–Crippen LogP) is 2.68. The molecule has 2 saturated heterocycles. The predicted molar refractivity (Wildman–Crippen MR) is 116 cm³/mol. The Morgan fingerprint density at radius 2 is 1.93 bits per heavy atom. The second kappa shape index (κ2) is 9.19. The zero-order chi connectivity index (χ0) is 21.1. The Kier molecular flexibility index (Phi) is 6.40. The molecule has 0 saturated carbocycles. The van der Waals surface area contributed by atoms with Crippen LogP contribution in [-0.2, 0) is 27.2 Å². The minimum Gasteiger partial charge on any atom is -0.356 e. The number of carbonyl (C=O) groups excluding carboxylic acids is 3. The quantitative estimate of drug-likeness (QED) is 0.732. The number of hydrogen-bond donors (Lipinski definition) is 1. The first-order valence-corrected chi connectivity index (χ1v) is 11.6. The summed E-state index contributed by atoms with van der Waals surface area (Å²) in [6.45, 7) is 4.40. The molecule has 2 aliphatic heterocycles. The third kappa shape index (κ3) is 4.37. The summed E-state index contributed by atoms with van der Waals surface area (Å²) in [6.07, 6.45) is 7.32. The lowest BCUT2D eigenvalue weighted by molar-refractivity contribution is -0.139. The van der Waals surface area contributed by atoms with E-state index in [4.69, 9.17) is 0 Å². The van der Waals surface area contributed by atoms with Gasteiger partial charge in [0.05, 0.1) is 11.8 Å². The number of carbonyl (C=O) groups is 3. The molecule has 2 fully saturated rings. The number of unbranched alkanes of at least 4 members (excludes halogenated alkanes) is 1. The van der Waals surface area contributed by atoms with Crippen LogP contribution in [0.1, 0.15) is 56.6 Å². The Balaban J connectivity index is 1.36. The van der Waals surface area contributed by atoms with E-state index in [1.165, 1.54) is 17.5 Å². The lowest BCUT2D eigenvalue weighted by atomic mass is 9.95. The van der Waals surface area contributed by atoms with E-state index < -0.39 is 0 Å². The molecule has 0 aromatic heterocycles. The molecule has 1 aromatic rings. The number of rotatable bonds is 6. The summed E-state index contributed by atoms with van der Waals surface area (Å²) in [6, 6.07) is 6.28. The molecule has 1 aliphatic carbocycles. The van der Waals surface area contributed by atoms with E-state index in [-0.39, 0.29) is 36.0 Å². The van der Waals surface area contributed by atoms with Gasteiger partial charge in [-0.25, -0.2) is 0 Å². The van der Waals surface area contributed by atoms with Crippen molar-refractivity contribution in [2.45, 2.75) is 58.3 Å². The van der Waals surface area contributed by atoms with Gasteiger partial charge in [0.2, 0.25) is 17.7 Å². The van der Waals surface area contributed by atoms with Crippen LogP contribution < -0.4 is 10.2 Å². The number of aryl methyl sites for hydroxylation is 2. The number of nitrogens with one attached hydrogen (secondary N) is 1. The van der Waals surface area contributed by atoms with Gasteiger partial charge in [-0.3, -0.25) is 14.4 Å². The molecule has 6 heteroatoms. The Morgan fingerprint density at radius 3 is 2.77 bits per heavy atom. The summed E-state index contributed by atoms with van der Waals surface area (Å²) in [5.41, 5.74) is 3.64. The average Bonchev–Trinajstić information content (AvgIpc) is 3.39. The summed E-state index contributed by atoms with van der Waals surface area (Å²) in [5.74, 6) is -0.337. The van der Waals surface area contributed by atoms with Gasteiger partial charge in [0, 0.05) is 38.3 Å². The smallest absolute Gasteiger partial charge is 0.228 e. The third-order valence-electron chi connectivity index (χ3n) is 6.80. The van der Waals surface area contributed by atoms with Crippen molar-refractivity contribution >= 4 is 23.4 Å². The van der Waals surface area contributed by atoms with Gasteiger partial charge < -0.3 is 15.1 Å². The molecule has 0 spiro atoms. The number of piperidine rings is 1. The van der Waals surface area contributed by atoms with E-state index in [0.29, 0.717) is 26.2 Å². The maximum absolute atomic E-state index is 13.2. The molecule has 4 rings (SSSR count). The summed E-state index contributed by atoms with van der Waals surface area (Å²) >= 11 is 0. The van der Waals surface area contributed by atoms with Gasteiger partial charge in [-0.15, -0.1) is 0 Å². The maximum Gasteiger partial charge on any atom is 0.228 e. The number of fused-ring (bicyclic) bond motifs is 1. The van der Waals surface area contributed by atoms with Crippen LogP contribution in [-0.4, -0.2) is 48.8 Å². The molecule has 2 heterocycles. The standard InChI is InChI=1S/C24H33N3O3/c1-2-3-11-25-23(29)19-8-5-12-26(15-19)24(30)20-14-22(28)27(16-20)21-10-9-17-6-4-7-18(17)13-21/h9-10,13,19-20H,2-8,11-12,14-16H2,1H3,(H,25,29). The fourth-order valence-electron chi connectivity index (χ4n) is 5.03. The van der Waals surface area contributed by atoms with Crippen LogP contribution in [0.4, 0.5) is 5.69 Å². The topological polar surface area (TPSA) is 69.7 Å². The van der Waals surface area contributed by atoms with Crippen molar-refractivity contribution in [1.29, 1.82) is 0 Å². The highest BCUT2D eigenvalue weighted by Gasteiger charge is 2.39. The molecule has 2 atom stereocenters. The Hall–Kier alpha value is -2.37. The molecule has 3 amide bonds. The lowest BCUT2D eigenvalue weighted by Gasteiger charge is -2.33. The highest BCUT2D eigenvalue weighted by Crippen LogP contribution is 2.31. The monoisotopic (exact) mass is 411 g/mol. The fraction of sp³-hybridized carbons (Fsp3) is 0.625. The minimum atomic E-state index is -0.312. The second-order valence-corrected chi connectivity index (χ2v) is 8.98. The SMILES string of the molecule is CCCCNC(=O)C1CCCN(C(=O)C2CC(=O)N(c3ccc4c(c3)CCC4)C2)C1. The third-order valence-corrected chi connectivity index (χ3v) is 6.80. The molecule has 0 bridgehead atoms.